The first kappa shape index (κ1) is 15.8. The number of benzene rings is 1. The molecular weight excluding hydrogens is 238 g/mol. The summed E-state index contributed by atoms with van der Waals surface area (Å²) < 4.78 is 10.9. The smallest absolute Gasteiger partial charge is 0.165 e. The molecule has 19 heavy (non-hydrogen) atoms. The van der Waals surface area contributed by atoms with Crippen molar-refractivity contribution in [3.8, 4) is 11.5 Å². The van der Waals surface area contributed by atoms with Crippen molar-refractivity contribution < 1.29 is 9.47 Å². The molecule has 108 valence electrons. The summed E-state index contributed by atoms with van der Waals surface area (Å²) in [6, 6.07) is 6.37. The van der Waals surface area contributed by atoms with Gasteiger partial charge >= 0.3 is 0 Å². The van der Waals surface area contributed by atoms with Gasteiger partial charge in [-0.25, -0.2) is 0 Å². The van der Waals surface area contributed by atoms with Crippen LogP contribution in [0.4, 0.5) is 0 Å². The largest absolute Gasteiger partial charge is 0.493 e. The molecule has 1 atom stereocenters. The molecule has 3 heteroatoms. The molecule has 0 aromatic heterocycles. The molecule has 0 amide bonds. The monoisotopic (exact) mass is 265 g/mol. The van der Waals surface area contributed by atoms with Crippen molar-refractivity contribution in [3.63, 3.8) is 0 Å². The van der Waals surface area contributed by atoms with E-state index in [0.29, 0.717) is 6.04 Å². The second-order valence-corrected chi connectivity index (χ2v) is 5.25. The van der Waals surface area contributed by atoms with Crippen molar-refractivity contribution in [2.75, 3.05) is 21.3 Å². The second kappa shape index (κ2) is 8.05. The standard InChI is InChI=1S/C16H27NO2/c1-12(2)8-6-10-14(17-3)13-9-7-11-15(18-4)16(13)19-5/h7,9,11-12,14,17H,6,8,10H2,1-5H3. The first-order valence-electron chi connectivity index (χ1n) is 7.02. The zero-order chi connectivity index (χ0) is 14.3. The summed E-state index contributed by atoms with van der Waals surface area (Å²) in [6.07, 6.45) is 3.58. The average molecular weight is 265 g/mol. The van der Waals surface area contributed by atoms with Gasteiger partial charge in [0.25, 0.3) is 0 Å². The Morgan fingerprint density at radius 2 is 1.84 bits per heavy atom. The Hall–Kier alpha value is -1.22. The third kappa shape index (κ3) is 4.43. The number of para-hydroxylation sites is 1. The molecule has 0 radical (unpaired) electrons. The van der Waals surface area contributed by atoms with Gasteiger partial charge in [-0.2, -0.15) is 0 Å². The fraction of sp³-hybridized carbons (Fsp3) is 0.625. The zero-order valence-corrected chi connectivity index (χ0v) is 12.8. The van der Waals surface area contributed by atoms with E-state index < -0.39 is 0 Å². The van der Waals surface area contributed by atoms with Crippen LogP contribution in [0.15, 0.2) is 18.2 Å². The Labute approximate surface area is 117 Å². The molecule has 0 heterocycles. The molecule has 0 fully saturated rings. The normalized spacial score (nSPS) is 12.5. The number of nitrogens with one attached hydrogen (secondary N) is 1. The van der Waals surface area contributed by atoms with Crippen LogP contribution in [0, 0.1) is 5.92 Å². The summed E-state index contributed by atoms with van der Waals surface area (Å²) in [4.78, 5) is 0. The maximum Gasteiger partial charge on any atom is 0.165 e. The predicted octanol–water partition coefficient (Wildman–Crippen LogP) is 3.79. The van der Waals surface area contributed by atoms with Crippen molar-refractivity contribution in [2.24, 2.45) is 5.92 Å². The van der Waals surface area contributed by atoms with Crippen LogP contribution in [0.2, 0.25) is 0 Å². The first-order valence-corrected chi connectivity index (χ1v) is 7.02. The maximum absolute atomic E-state index is 5.51. The molecule has 0 saturated carbocycles. The lowest BCUT2D eigenvalue weighted by molar-refractivity contribution is 0.345. The minimum Gasteiger partial charge on any atom is -0.493 e. The fourth-order valence-corrected chi connectivity index (χ4v) is 2.37. The Bertz CT molecular complexity index is 377. The number of methoxy groups -OCH3 is 2. The maximum atomic E-state index is 5.51. The first-order chi connectivity index (χ1) is 9.13. The van der Waals surface area contributed by atoms with E-state index in [1.807, 2.05) is 19.2 Å². The van der Waals surface area contributed by atoms with Crippen LogP contribution in [-0.4, -0.2) is 21.3 Å². The molecule has 3 nitrogen and oxygen atoms in total. The van der Waals surface area contributed by atoms with Gasteiger partial charge in [-0.3, -0.25) is 0 Å². The minimum absolute atomic E-state index is 0.309. The Morgan fingerprint density at radius 3 is 2.37 bits per heavy atom. The average Bonchev–Trinajstić information content (AvgIpc) is 2.42. The van der Waals surface area contributed by atoms with E-state index >= 15 is 0 Å². The summed E-state index contributed by atoms with van der Waals surface area (Å²) in [5.41, 5.74) is 1.17. The summed E-state index contributed by atoms with van der Waals surface area (Å²) in [7, 11) is 5.37. The third-order valence-corrected chi connectivity index (χ3v) is 3.43. The van der Waals surface area contributed by atoms with Crippen LogP contribution in [-0.2, 0) is 0 Å². The van der Waals surface area contributed by atoms with Gasteiger partial charge in [-0.1, -0.05) is 38.8 Å². The number of hydrogen-bond donors (Lipinski definition) is 1. The van der Waals surface area contributed by atoms with Crippen LogP contribution in [0.5, 0.6) is 11.5 Å². The second-order valence-electron chi connectivity index (χ2n) is 5.25. The summed E-state index contributed by atoms with van der Waals surface area (Å²) >= 11 is 0. The number of ether oxygens (including phenoxy) is 2. The quantitative estimate of drug-likeness (QED) is 0.775. The molecule has 0 saturated heterocycles. The summed E-state index contributed by atoms with van der Waals surface area (Å²) in [5.74, 6) is 2.39. The lowest BCUT2D eigenvalue weighted by atomic mass is 9.97. The van der Waals surface area contributed by atoms with E-state index in [1.165, 1.54) is 18.4 Å². The van der Waals surface area contributed by atoms with Crippen molar-refractivity contribution in [3.05, 3.63) is 23.8 Å². The van der Waals surface area contributed by atoms with Gasteiger partial charge in [0, 0.05) is 11.6 Å². The molecule has 1 aromatic carbocycles. The van der Waals surface area contributed by atoms with Gasteiger partial charge < -0.3 is 14.8 Å². The predicted molar refractivity (Wildman–Crippen MR) is 80.0 cm³/mol. The molecule has 1 N–H and O–H groups in total. The molecule has 1 rings (SSSR count). The highest BCUT2D eigenvalue weighted by Crippen LogP contribution is 2.36. The number of rotatable bonds is 8. The molecule has 0 spiro atoms. The van der Waals surface area contributed by atoms with Crippen molar-refractivity contribution in [1.82, 2.24) is 5.32 Å². The van der Waals surface area contributed by atoms with E-state index in [4.69, 9.17) is 9.47 Å². The van der Waals surface area contributed by atoms with Crippen molar-refractivity contribution >= 4 is 0 Å². The molecular formula is C16H27NO2. The van der Waals surface area contributed by atoms with E-state index in [0.717, 1.165) is 23.8 Å². The van der Waals surface area contributed by atoms with E-state index in [-0.39, 0.29) is 0 Å². The molecule has 1 aromatic rings. The van der Waals surface area contributed by atoms with Gasteiger partial charge in [-0.15, -0.1) is 0 Å². The lowest BCUT2D eigenvalue weighted by Gasteiger charge is -2.21. The number of hydrogen-bond acceptors (Lipinski definition) is 3. The van der Waals surface area contributed by atoms with E-state index in [9.17, 15) is 0 Å². The SMILES string of the molecule is CNC(CCCC(C)C)c1cccc(OC)c1OC. The van der Waals surface area contributed by atoms with Crippen LogP contribution >= 0.6 is 0 Å². The molecule has 0 aliphatic heterocycles. The highest BCUT2D eigenvalue weighted by molar-refractivity contribution is 5.48. The highest BCUT2D eigenvalue weighted by Gasteiger charge is 2.17. The lowest BCUT2D eigenvalue weighted by Crippen LogP contribution is -2.17. The van der Waals surface area contributed by atoms with E-state index in [2.05, 4.69) is 25.2 Å². The molecule has 1 unspecified atom stereocenters. The Kier molecular flexibility index (Phi) is 6.71. The highest BCUT2D eigenvalue weighted by atomic mass is 16.5. The molecule has 0 bridgehead atoms. The van der Waals surface area contributed by atoms with Crippen molar-refractivity contribution in [1.29, 1.82) is 0 Å². The van der Waals surface area contributed by atoms with Gasteiger partial charge in [-0.05, 0) is 25.5 Å². The Balaban J connectivity index is 2.85. The topological polar surface area (TPSA) is 30.5 Å². The van der Waals surface area contributed by atoms with Crippen LogP contribution in [0.3, 0.4) is 0 Å². The van der Waals surface area contributed by atoms with Gasteiger partial charge in [0.2, 0.25) is 0 Å². The fourth-order valence-electron chi connectivity index (χ4n) is 2.37. The van der Waals surface area contributed by atoms with Gasteiger partial charge in [0.1, 0.15) is 0 Å². The van der Waals surface area contributed by atoms with Crippen LogP contribution < -0.4 is 14.8 Å². The summed E-state index contributed by atoms with van der Waals surface area (Å²) in [5, 5.41) is 3.38. The molecule has 0 aliphatic rings. The Morgan fingerprint density at radius 1 is 1.11 bits per heavy atom. The molecule has 0 aliphatic carbocycles. The van der Waals surface area contributed by atoms with Crippen molar-refractivity contribution in [2.45, 2.75) is 39.2 Å². The van der Waals surface area contributed by atoms with Crippen LogP contribution in [0.1, 0.15) is 44.7 Å². The van der Waals surface area contributed by atoms with Gasteiger partial charge in [0.05, 0.1) is 14.2 Å². The zero-order valence-electron chi connectivity index (χ0n) is 12.8. The third-order valence-electron chi connectivity index (χ3n) is 3.43. The summed E-state index contributed by atoms with van der Waals surface area (Å²) in [6.45, 7) is 4.53. The minimum atomic E-state index is 0.309. The van der Waals surface area contributed by atoms with E-state index in [1.54, 1.807) is 14.2 Å². The van der Waals surface area contributed by atoms with Crippen LogP contribution in [0.25, 0.3) is 0 Å². The van der Waals surface area contributed by atoms with Gasteiger partial charge in [0.15, 0.2) is 11.5 Å².